The Bertz CT molecular complexity index is 342. The standard InChI is InChI=1S/C14H20BNO/c1-15-10-4-2-3-5-11-17-14-8-6-13(12-16)7-9-14/h6-9,15H,2-5,10-11H2,1H3. The summed E-state index contributed by atoms with van der Waals surface area (Å²) < 4.78 is 5.60. The van der Waals surface area contributed by atoms with Crippen molar-refractivity contribution in [1.82, 2.24) is 0 Å². The molecule has 3 heteroatoms. The molecule has 1 rings (SSSR count). The van der Waals surface area contributed by atoms with E-state index in [0.717, 1.165) is 18.8 Å². The lowest BCUT2D eigenvalue weighted by Crippen LogP contribution is -1.97. The second-order valence-electron chi connectivity index (χ2n) is 4.25. The van der Waals surface area contributed by atoms with Crippen LogP contribution >= 0.6 is 0 Å². The summed E-state index contributed by atoms with van der Waals surface area (Å²) in [6, 6.07) is 9.38. The molecule has 0 radical (unpaired) electrons. The molecule has 1 aromatic rings. The second-order valence-corrected chi connectivity index (χ2v) is 4.25. The molecule has 0 N–H and O–H groups in total. The van der Waals surface area contributed by atoms with E-state index in [1.54, 1.807) is 12.1 Å². The minimum atomic E-state index is 0.678. The van der Waals surface area contributed by atoms with E-state index in [2.05, 4.69) is 12.9 Å². The van der Waals surface area contributed by atoms with Crippen molar-refractivity contribution >= 4 is 7.28 Å². The maximum absolute atomic E-state index is 8.65. The zero-order chi connectivity index (χ0) is 12.3. The average Bonchev–Trinajstić information content (AvgIpc) is 2.38. The second kappa shape index (κ2) is 8.70. The highest BCUT2D eigenvalue weighted by molar-refractivity contribution is 6.33. The van der Waals surface area contributed by atoms with E-state index in [1.165, 1.54) is 32.9 Å². The molecule has 0 saturated heterocycles. The number of ether oxygens (including phenoxy) is 1. The Morgan fingerprint density at radius 3 is 2.47 bits per heavy atom. The maximum atomic E-state index is 8.65. The van der Waals surface area contributed by atoms with Gasteiger partial charge in [0.25, 0.3) is 0 Å². The van der Waals surface area contributed by atoms with E-state index in [-0.39, 0.29) is 0 Å². The molecule has 0 fully saturated rings. The van der Waals surface area contributed by atoms with Crippen LogP contribution in [0, 0.1) is 11.3 Å². The van der Waals surface area contributed by atoms with Crippen molar-refractivity contribution in [2.45, 2.75) is 38.8 Å². The van der Waals surface area contributed by atoms with Crippen molar-refractivity contribution in [2.24, 2.45) is 0 Å². The summed E-state index contributed by atoms with van der Waals surface area (Å²) in [4.78, 5) is 0. The van der Waals surface area contributed by atoms with Gasteiger partial charge in [0, 0.05) is 0 Å². The van der Waals surface area contributed by atoms with Crippen molar-refractivity contribution < 1.29 is 4.74 Å². The van der Waals surface area contributed by atoms with Gasteiger partial charge in [-0.3, -0.25) is 0 Å². The van der Waals surface area contributed by atoms with Crippen molar-refractivity contribution in [3.8, 4) is 11.8 Å². The van der Waals surface area contributed by atoms with E-state index >= 15 is 0 Å². The summed E-state index contributed by atoms with van der Waals surface area (Å²) in [5, 5.41) is 8.65. The fraction of sp³-hybridized carbons (Fsp3) is 0.500. The first-order chi connectivity index (χ1) is 8.36. The summed E-state index contributed by atoms with van der Waals surface area (Å²) in [6.07, 6.45) is 6.36. The highest BCUT2D eigenvalue weighted by Gasteiger charge is 1.95. The van der Waals surface area contributed by atoms with Crippen LogP contribution in [0.5, 0.6) is 5.75 Å². The van der Waals surface area contributed by atoms with Crippen molar-refractivity contribution in [1.29, 1.82) is 5.26 Å². The SMILES string of the molecule is CBCCCCCCOc1ccc(C#N)cc1. The molecular weight excluding hydrogens is 209 g/mol. The Labute approximate surface area is 105 Å². The molecular formula is C14H20BNO. The quantitative estimate of drug-likeness (QED) is 0.505. The lowest BCUT2D eigenvalue weighted by atomic mass is 9.76. The number of hydrogen-bond donors (Lipinski definition) is 0. The minimum absolute atomic E-state index is 0.678. The van der Waals surface area contributed by atoms with E-state index in [9.17, 15) is 0 Å². The molecule has 0 unspecified atom stereocenters. The topological polar surface area (TPSA) is 33.0 Å². The van der Waals surface area contributed by atoms with Gasteiger partial charge < -0.3 is 4.74 Å². The summed E-state index contributed by atoms with van der Waals surface area (Å²) in [5.41, 5.74) is 0.678. The molecule has 0 spiro atoms. The zero-order valence-corrected chi connectivity index (χ0v) is 10.6. The molecule has 0 aliphatic carbocycles. The third-order valence-corrected chi connectivity index (χ3v) is 2.75. The monoisotopic (exact) mass is 229 g/mol. The van der Waals surface area contributed by atoms with Crippen molar-refractivity contribution in [2.75, 3.05) is 6.61 Å². The molecule has 0 saturated carbocycles. The van der Waals surface area contributed by atoms with E-state index in [4.69, 9.17) is 10.00 Å². The lowest BCUT2D eigenvalue weighted by Gasteiger charge is -2.05. The van der Waals surface area contributed by atoms with Crippen molar-refractivity contribution in [3.63, 3.8) is 0 Å². The Balaban J connectivity index is 2.08. The normalized spacial score (nSPS) is 9.65. The fourth-order valence-electron chi connectivity index (χ4n) is 1.70. The van der Waals surface area contributed by atoms with Gasteiger partial charge in [-0.15, -0.1) is 0 Å². The number of nitriles is 1. The molecule has 1 aromatic carbocycles. The third kappa shape index (κ3) is 6.01. The van der Waals surface area contributed by atoms with Crippen LogP contribution in [0.25, 0.3) is 0 Å². The zero-order valence-electron chi connectivity index (χ0n) is 10.6. The Kier molecular flexibility index (Phi) is 6.98. The first-order valence-electron chi connectivity index (χ1n) is 6.49. The van der Waals surface area contributed by atoms with Gasteiger partial charge in [0.15, 0.2) is 0 Å². The van der Waals surface area contributed by atoms with Crippen LogP contribution in [-0.4, -0.2) is 13.9 Å². The Morgan fingerprint density at radius 1 is 1.12 bits per heavy atom. The summed E-state index contributed by atoms with van der Waals surface area (Å²) in [5.74, 6) is 0.859. The number of benzene rings is 1. The number of nitrogens with zero attached hydrogens (tertiary/aromatic N) is 1. The maximum Gasteiger partial charge on any atom is 0.119 e. The van der Waals surface area contributed by atoms with E-state index in [1.807, 2.05) is 12.1 Å². The van der Waals surface area contributed by atoms with Gasteiger partial charge >= 0.3 is 0 Å². The number of hydrogen-bond acceptors (Lipinski definition) is 2. The van der Waals surface area contributed by atoms with Crippen LogP contribution in [0.1, 0.15) is 31.2 Å². The summed E-state index contributed by atoms with van der Waals surface area (Å²) in [7, 11) is 1.29. The highest BCUT2D eigenvalue weighted by atomic mass is 16.5. The van der Waals surface area contributed by atoms with Gasteiger partial charge in [-0.05, 0) is 30.7 Å². The molecule has 0 heterocycles. The van der Waals surface area contributed by atoms with E-state index < -0.39 is 0 Å². The molecule has 0 amide bonds. The van der Waals surface area contributed by atoms with E-state index in [0.29, 0.717) is 5.56 Å². The first-order valence-corrected chi connectivity index (χ1v) is 6.49. The fourth-order valence-corrected chi connectivity index (χ4v) is 1.70. The minimum Gasteiger partial charge on any atom is -0.494 e. The van der Waals surface area contributed by atoms with Gasteiger partial charge in [-0.2, -0.15) is 5.26 Å². The van der Waals surface area contributed by atoms with Crippen LogP contribution in [0.15, 0.2) is 24.3 Å². The third-order valence-electron chi connectivity index (χ3n) is 2.75. The molecule has 2 nitrogen and oxygen atoms in total. The molecule has 17 heavy (non-hydrogen) atoms. The highest BCUT2D eigenvalue weighted by Crippen LogP contribution is 2.12. The van der Waals surface area contributed by atoms with Crippen molar-refractivity contribution in [3.05, 3.63) is 29.8 Å². The average molecular weight is 229 g/mol. The van der Waals surface area contributed by atoms with Crippen LogP contribution in [0.3, 0.4) is 0 Å². The van der Waals surface area contributed by atoms with Crippen LogP contribution in [0.4, 0.5) is 0 Å². The smallest absolute Gasteiger partial charge is 0.119 e. The largest absolute Gasteiger partial charge is 0.494 e. The molecule has 0 atom stereocenters. The Hall–Kier alpha value is -1.43. The Morgan fingerprint density at radius 2 is 1.82 bits per heavy atom. The van der Waals surface area contributed by atoms with Gasteiger partial charge in [0.2, 0.25) is 0 Å². The lowest BCUT2D eigenvalue weighted by molar-refractivity contribution is 0.305. The van der Waals surface area contributed by atoms with Crippen LogP contribution in [-0.2, 0) is 0 Å². The van der Waals surface area contributed by atoms with Crippen LogP contribution in [0.2, 0.25) is 13.1 Å². The molecule has 0 bridgehead atoms. The molecule has 90 valence electrons. The van der Waals surface area contributed by atoms with Crippen LogP contribution < -0.4 is 4.74 Å². The summed E-state index contributed by atoms with van der Waals surface area (Å²) >= 11 is 0. The summed E-state index contributed by atoms with van der Waals surface area (Å²) in [6.45, 7) is 3.01. The molecule has 0 aliphatic rings. The number of rotatable bonds is 8. The molecule has 0 aromatic heterocycles. The van der Waals surface area contributed by atoms with Gasteiger partial charge in [0.1, 0.15) is 13.0 Å². The molecule has 0 aliphatic heterocycles. The first kappa shape index (κ1) is 13.6. The predicted molar refractivity (Wildman–Crippen MR) is 72.9 cm³/mol. The predicted octanol–water partition coefficient (Wildman–Crippen LogP) is 3.40. The van der Waals surface area contributed by atoms with Gasteiger partial charge in [-0.1, -0.05) is 32.4 Å². The van der Waals surface area contributed by atoms with Gasteiger partial charge in [0.05, 0.1) is 18.2 Å². The number of unbranched alkanes of at least 4 members (excludes halogenated alkanes) is 3. The van der Waals surface area contributed by atoms with Gasteiger partial charge in [-0.25, -0.2) is 0 Å².